The van der Waals surface area contributed by atoms with E-state index in [1.165, 1.54) is 0 Å². The number of hydrogen-bond acceptors (Lipinski definition) is 7. The second-order valence-electron chi connectivity index (χ2n) is 11.3. The molecule has 39 heavy (non-hydrogen) atoms. The summed E-state index contributed by atoms with van der Waals surface area (Å²) in [6, 6.07) is 5.52. The molecule has 5 rings (SSSR count). The molecule has 1 saturated carbocycles. The maximum absolute atomic E-state index is 13.8. The largest absolute Gasteiger partial charge is 0.465 e. The second kappa shape index (κ2) is 11.0. The first kappa shape index (κ1) is 27.1. The fourth-order valence-electron chi connectivity index (χ4n) is 6.32. The van der Waals surface area contributed by atoms with Crippen molar-refractivity contribution >= 4 is 35.3 Å². The predicted octanol–water partition coefficient (Wildman–Crippen LogP) is 0.831. The molecule has 1 aromatic carbocycles. The molecule has 1 spiro atoms. The number of hydrogen-bond donors (Lipinski definition) is 4. The number of nitrogens with one attached hydrogen (secondary N) is 4. The van der Waals surface area contributed by atoms with E-state index in [-0.39, 0.29) is 54.7 Å². The van der Waals surface area contributed by atoms with Gasteiger partial charge in [0.2, 0.25) is 23.6 Å². The topological polar surface area (TPSA) is 146 Å². The third-order valence-corrected chi connectivity index (χ3v) is 8.76. The number of esters is 1. The first-order valence-electron chi connectivity index (χ1n) is 13.9. The number of nitrogens with zero attached hydrogens (tertiary/aromatic N) is 1. The van der Waals surface area contributed by atoms with Gasteiger partial charge in [-0.3, -0.25) is 24.0 Å². The molecule has 4 fully saturated rings. The van der Waals surface area contributed by atoms with Crippen LogP contribution in [0, 0.1) is 11.8 Å². The Morgan fingerprint density at radius 1 is 1.15 bits per heavy atom. The van der Waals surface area contributed by atoms with E-state index < -0.39 is 24.0 Å². The predicted molar refractivity (Wildman–Crippen MR) is 141 cm³/mol. The van der Waals surface area contributed by atoms with Gasteiger partial charge >= 0.3 is 5.97 Å². The van der Waals surface area contributed by atoms with Crippen LogP contribution in [0.25, 0.3) is 0 Å². The molecule has 4 amide bonds. The Morgan fingerprint density at radius 3 is 2.72 bits per heavy atom. The molecule has 3 aliphatic heterocycles. The molecular weight excluding hydrogens is 502 g/mol. The summed E-state index contributed by atoms with van der Waals surface area (Å²) in [4.78, 5) is 65.3. The van der Waals surface area contributed by atoms with Crippen LogP contribution in [0.5, 0.6) is 0 Å². The summed E-state index contributed by atoms with van der Waals surface area (Å²) >= 11 is 0. The van der Waals surface area contributed by atoms with Crippen LogP contribution < -0.4 is 21.3 Å². The van der Waals surface area contributed by atoms with Gasteiger partial charge in [-0.25, -0.2) is 0 Å². The summed E-state index contributed by atoms with van der Waals surface area (Å²) in [5, 5.41) is 11.6. The van der Waals surface area contributed by atoms with E-state index in [9.17, 15) is 24.0 Å². The number of anilines is 1. The van der Waals surface area contributed by atoms with Crippen LogP contribution in [0.15, 0.2) is 24.3 Å². The SMILES string of the molecule is CN[C@@H](C)C(=O)N[C@H]1CCC[C@H]2CC23CC[C@@H](C(=O)NCc2cccc(NC(=O)C4COC(=O)C4)c2)N3C1=O. The smallest absolute Gasteiger partial charge is 0.306 e. The maximum Gasteiger partial charge on any atom is 0.306 e. The van der Waals surface area contributed by atoms with E-state index >= 15 is 0 Å². The Hall–Kier alpha value is -3.47. The van der Waals surface area contributed by atoms with Crippen LogP contribution in [-0.4, -0.2) is 71.8 Å². The number of cyclic esters (lactones) is 1. The normalized spacial score (nSPS) is 30.3. The zero-order valence-corrected chi connectivity index (χ0v) is 22.5. The first-order chi connectivity index (χ1) is 18.7. The molecule has 0 radical (unpaired) electrons. The van der Waals surface area contributed by atoms with Gasteiger partial charge in [0, 0.05) is 17.8 Å². The van der Waals surface area contributed by atoms with E-state index in [1.807, 2.05) is 6.07 Å². The average Bonchev–Trinajstić information content (AvgIpc) is 3.21. The van der Waals surface area contributed by atoms with Crippen molar-refractivity contribution in [2.75, 3.05) is 19.0 Å². The minimum absolute atomic E-state index is 0.0690. The van der Waals surface area contributed by atoms with Crippen LogP contribution in [-0.2, 0) is 35.3 Å². The number of carbonyl (C=O) groups is 5. The van der Waals surface area contributed by atoms with Crippen LogP contribution in [0.2, 0.25) is 0 Å². The summed E-state index contributed by atoms with van der Waals surface area (Å²) in [5.41, 5.74) is 1.09. The summed E-state index contributed by atoms with van der Waals surface area (Å²) in [6.07, 6.45) is 4.81. The Kier molecular flexibility index (Phi) is 7.61. The van der Waals surface area contributed by atoms with Crippen molar-refractivity contribution in [1.29, 1.82) is 0 Å². The maximum atomic E-state index is 13.8. The lowest BCUT2D eigenvalue weighted by Gasteiger charge is -2.36. The third-order valence-electron chi connectivity index (χ3n) is 8.76. The lowest BCUT2D eigenvalue weighted by Crippen LogP contribution is -2.58. The zero-order chi connectivity index (χ0) is 27.7. The molecule has 0 bridgehead atoms. The molecule has 11 heteroatoms. The highest BCUT2D eigenvalue weighted by atomic mass is 16.5. The molecule has 11 nitrogen and oxygen atoms in total. The van der Waals surface area contributed by atoms with Gasteiger partial charge in [0.15, 0.2) is 0 Å². The number of ether oxygens (including phenoxy) is 1. The number of benzene rings is 1. The quantitative estimate of drug-likeness (QED) is 0.358. The molecule has 2 unspecified atom stereocenters. The molecule has 0 aromatic heterocycles. The summed E-state index contributed by atoms with van der Waals surface area (Å²) in [5.74, 6) is -1.35. The third kappa shape index (κ3) is 5.50. The molecule has 1 aromatic rings. The average molecular weight is 540 g/mol. The van der Waals surface area contributed by atoms with E-state index in [1.54, 1.807) is 37.1 Å². The van der Waals surface area contributed by atoms with Gasteiger partial charge in [0.25, 0.3) is 0 Å². The lowest BCUT2D eigenvalue weighted by molar-refractivity contribution is -0.145. The highest BCUT2D eigenvalue weighted by molar-refractivity contribution is 5.96. The Bertz CT molecular complexity index is 1170. The van der Waals surface area contributed by atoms with Crippen molar-refractivity contribution < 1.29 is 28.7 Å². The number of likely N-dealkylation sites (N-methyl/N-ethyl adjacent to an activating group) is 1. The van der Waals surface area contributed by atoms with Crippen molar-refractivity contribution in [1.82, 2.24) is 20.9 Å². The molecular formula is C28H37N5O6. The van der Waals surface area contributed by atoms with Crippen molar-refractivity contribution in [2.45, 2.75) is 82.1 Å². The van der Waals surface area contributed by atoms with E-state index in [0.717, 1.165) is 31.2 Å². The first-order valence-corrected chi connectivity index (χ1v) is 13.9. The highest BCUT2D eigenvalue weighted by Gasteiger charge is 2.65. The number of carbonyl (C=O) groups excluding carboxylic acids is 5. The minimum atomic E-state index is -0.638. The molecule has 3 heterocycles. The summed E-state index contributed by atoms with van der Waals surface area (Å²) in [6.45, 7) is 2.07. The Morgan fingerprint density at radius 2 is 1.97 bits per heavy atom. The number of rotatable bonds is 8. The van der Waals surface area contributed by atoms with Crippen LogP contribution in [0.1, 0.15) is 57.4 Å². The molecule has 4 aliphatic rings. The highest BCUT2D eigenvalue weighted by Crippen LogP contribution is 2.59. The fraction of sp³-hybridized carbons (Fsp3) is 0.607. The molecule has 6 atom stereocenters. The van der Waals surface area contributed by atoms with Crippen molar-refractivity contribution in [2.24, 2.45) is 11.8 Å². The van der Waals surface area contributed by atoms with Gasteiger partial charge in [-0.1, -0.05) is 18.6 Å². The van der Waals surface area contributed by atoms with Crippen molar-refractivity contribution in [3.63, 3.8) is 0 Å². The molecule has 1 aliphatic carbocycles. The van der Waals surface area contributed by atoms with Crippen LogP contribution in [0.3, 0.4) is 0 Å². The fourth-order valence-corrected chi connectivity index (χ4v) is 6.32. The number of amides is 4. The second-order valence-corrected chi connectivity index (χ2v) is 11.3. The summed E-state index contributed by atoms with van der Waals surface area (Å²) < 4.78 is 4.87. The van der Waals surface area contributed by atoms with Crippen LogP contribution in [0.4, 0.5) is 5.69 Å². The van der Waals surface area contributed by atoms with Gasteiger partial charge in [-0.15, -0.1) is 0 Å². The lowest BCUT2D eigenvalue weighted by atomic mass is 9.98. The Balaban J connectivity index is 1.23. The van der Waals surface area contributed by atoms with Gasteiger partial charge in [0.05, 0.1) is 18.4 Å². The zero-order valence-electron chi connectivity index (χ0n) is 22.5. The van der Waals surface area contributed by atoms with E-state index in [2.05, 4.69) is 21.3 Å². The van der Waals surface area contributed by atoms with Gasteiger partial charge in [0.1, 0.15) is 18.7 Å². The van der Waals surface area contributed by atoms with Crippen molar-refractivity contribution in [3.8, 4) is 0 Å². The molecule has 210 valence electrons. The summed E-state index contributed by atoms with van der Waals surface area (Å²) in [7, 11) is 1.70. The van der Waals surface area contributed by atoms with E-state index in [0.29, 0.717) is 24.4 Å². The van der Waals surface area contributed by atoms with Gasteiger partial charge in [-0.2, -0.15) is 0 Å². The standard InChI is InChI=1S/C28H37N5O6/c1-16(29-2)24(35)32-21-8-4-6-19-13-28(19)10-9-22(33(28)27(21)38)26(37)30-14-17-5-3-7-20(11-17)31-25(36)18-12-23(34)39-15-18/h3,5,7,11,16,18-19,21-22,29H,4,6,8-10,12-15H2,1-2H3,(H,30,37)(H,31,36)(H,32,35)/t16-,18?,19-,21-,22-,28?/m0/s1. The Labute approximate surface area is 227 Å². The monoisotopic (exact) mass is 539 g/mol. The van der Waals surface area contributed by atoms with Gasteiger partial charge in [-0.05, 0) is 69.7 Å². The van der Waals surface area contributed by atoms with Crippen LogP contribution >= 0.6 is 0 Å². The molecule has 4 N–H and O–H groups in total. The van der Waals surface area contributed by atoms with E-state index in [4.69, 9.17) is 4.74 Å². The minimum Gasteiger partial charge on any atom is -0.465 e. The van der Waals surface area contributed by atoms with Gasteiger partial charge < -0.3 is 30.9 Å². The van der Waals surface area contributed by atoms with Crippen molar-refractivity contribution in [3.05, 3.63) is 29.8 Å². The molecule has 3 saturated heterocycles.